The van der Waals surface area contributed by atoms with E-state index in [-0.39, 0.29) is 24.2 Å². The Morgan fingerprint density at radius 1 is 1.12 bits per heavy atom. The zero-order valence-electron chi connectivity index (χ0n) is 15.2. The molecule has 0 fully saturated rings. The molecule has 6 heteroatoms. The van der Waals surface area contributed by atoms with Crippen LogP contribution in [-0.2, 0) is 9.59 Å². The minimum absolute atomic E-state index is 0.115. The van der Waals surface area contributed by atoms with Gasteiger partial charge in [0.05, 0.1) is 26.2 Å². The number of carboxylic acids is 2. The van der Waals surface area contributed by atoms with E-state index in [0.29, 0.717) is 13.1 Å². The van der Waals surface area contributed by atoms with Crippen LogP contribution in [0.25, 0.3) is 0 Å². The number of carboxylic acid groups (broad SMARTS) is 2. The third-order valence-corrected chi connectivity index (χ3v) is 4.35. The molecule has 0 amide bonds. The Balaban J connectivity index is 5.10. The van der Waals surface area contributed by atoms with Crippen LogP contribution in [0.3, 0.4) is 0 Å². The van der Waals surface area contributed by atoms with Crippen molar-refractivity contribution in [1.29, 1.82) is 0 Å². The molecule has 0 heterocycles. The molecule has 0 aliphatic heterocycles. The van der Waals surface area contributed by atoms with Crippen molar-refractivity contribution in [2.24, 2.45) is 11.8 Å². The molecule has 140 valence electrons. The van der Waals surface area contributed by atoms with Crippen molar-refractivity contribution < 1.29 is 29.4 Å². The van der Waals surface area contributed by atoms with Crippen LogP contribution in [0.5, 0.6) is 0 Å². The standard InChI is InChI=1S/C18H33NO5/c1-4-5-6-7-8-9-10-19(11-12-20,13-15(2)17(21)22)14-16(3)18(23)24/h8-9,15-16,20H,4-7,10-14H2,1-3H3,(H-,21,22,23,24)/b9-8+. The molecule has 0 aliphatic rings. The fourth-order valence-corrected chi connectivity index (χ4v) is 2.95. The molecule has 0 spiro atoms. The summed E-state index contributed by atoms with van der Waals surface area (Å²) in [6, 6.07) is 0. The molecule has 0 saturated carbocycles. The zero-order valence-corrected chi connectivity index (χ0v) is 15.2. The minimum Gasteiger partial charge on any atom is -0.550 e. The summed E-state index contributed by atoms with van der Waals surface area (Å²) < 4.78 is 0.239. The van der Waals surface area contributed by atoms with E-state index in [1.807, 2.05) is 6.08 Å². The molecule has 0 saturated heterocycles. The number of aliphatic carboxylic acids is 2. The van der Waals surface area contributed by atoms with Gasteiger partial charge in [-0.2, -0.15) is 0 Å². The highest BCUT2D eigenvalue weighted by Gasteiger charge is 2.32. The van der Waals surface area contributed by atoms with Gasteiger partial charge in [0, 0.05) is 11.9 Å². The molecule has 0 bridgehead atoms. The summed E-state index contributed by atoms with van der Waals surface area (Å²) in [6.45, 7) is 6.58. The molecule has 3 unspecified atom stereocenters. The van der Waals surface area contributed by atoms with Gasteiger partial charge in [0.15, 0.2) is 0 Å². The largest absolute Gasteiger partial charge is 0.550 e. The molecule has 6 nitrogen and oxygen atoms in total. The van der Waals surface area contributed by atoms with Crippen LogP contribution in [0.4, 0.5) is 0 Å². The van der Waals surface area contributed by atoms with Gasteiger partial charge in [-0.25, -0.2) is 0 Å². The van der Waals surface area contributed by atoms with Crippen LogP contribution in [-0.4, -0.2) is 59.4 Å². The van der Waals surface area contributed by atoms with E-state index in [1.165, 1.54) is 6.42 Å². The monoisotopic (exact) mass is 343 g/mol. The topological polar surface area (TPSA) is 97.7 Å². The van der Waals surface area contributed by atoms with Gasteiger partial charge in [-0.15, -0.1) is 0 Å². The lowest BCUT2D eigenvalue weighted by atomic mass is 10.1. The second-order valence-corrected chi connectivity index (χ2v) is 6.76. The molecule has 0 radical (unpaired) electrons. The fraction of sp³-hybridized carbons (Fsp3) is 0.778. The highest BCUT2D eigenvalue weighted by Crippen LogP contribution is 2.16. The maximum Gasteiger partial charge on any atom is 0.311 e. The van der Waals surface area contributed by atoms with E-state index in [2.05, 4.69) is 13.0 Å². The maximum atomic E-state index is 11.2. The normalized spacial score (nSPS) is 16.7. The SMILES string of the molecule is CCCCC/C=C/C[N+](CCO)(CC(C)C(=O)[O-])CC(C)C(=O)O. The second-order valence-electron chi connectivity index (χ2n) is 6.76. The predicted molar refractivity (Wildman–Crippen MR) is 91.1 cm³/mol. The van der Waals surface area contributed by atoms with Crippen LogP contribution in [0.2, 0.25) is 0 Å². The average Bonchev–Trinajstić information content (AvgIpc) is 2.50. The van der Waals surface area contributed by atoms with Gasteiger partial charge < -0.3 is 24.6 Å². The number of hydrogen-bond acceptors (Lipinski definition) is 4. The summed E-state index contributed by atoms with van der Waals surface area (Å²) in [6.07, 6.45) is 8.43. The first-order valence-corrected chi connectivity index (χ1v) is 8.82. The number of nitrogens with zero attached hydrogens (tertiary/aromatic N) is 1. The van der Waals surface area contributed by atoms with E-state index in [0.717, 1.165) is 19.3 Å². The lowest BCUT2D eigenvalue weighted by Crippen LogP contribution is -2.57. The number of rotatable bonds is 14. The molecule has 0 rings (SSSR count). The van der Waals surface area contributed by atoms with Gasteiger partial charge in [0.25, 0.3) is 0 Å². The molecule has 0 aliphatic carbocycles. The summed E-state index contributed by atoms with van der Waals surface area (Å²) in [5, 5.41) is 29.8. The summed E-state index contributed by atoms with van der Waals surface area (Å²) in [7, 11) is 0. The molecular weight excluding hydrogens is 310 g/mol. The van der Waals surface area contributed by atoms with E-state index in [9.17, 15) is 24.9 Å². The number of quaternary nitrogens is 1. The summed E-state index contributed by atoms with van der Waals surface area (Å²) >= 11 is 0. The van der Waals surface area contributed by atoms with Crippen molar-refractivity contribution in [3.05, 3.63) is 12.2 Å². The maximum absolute atomic E-state index is 11.2. The average molecular weight is 343 g/mol. The quantitative estimate of drug-likeness (QED) is 0.279. The van der Waals surface area contributed by atoms with Crippen molar-refractivity contribution in [2.45, 2.75) is 46.5 Å². The Morgan fingerprint density at radius 3 is 2.25 bits per heavy atom. The number of hydrogen-bond donors (Lipinski definition) is 2. The van der Waals surface area contributed by atoms with Crippen LogP contribution >= 0.6 is 0 Å². The Morgan fingerprint density at radius 2 is 1.75 bits per heavy atom. The smallest absolute Gasteiger partial charge is 0.311 e. The first kappa shape index (κ1) is 22.6. The van der Waals surface area contributed by atoms with E-state index >= 15 is 0 Å². The highest BCUT2D eigenvalue weighted by molar-refractivity contribution is 5.69. The minimum atomic E-state index is -1.15. The van der Waals surface area contributed by atoms with Gasteiger partial charge >= 0.3 is 5.97 Å². The van der Waals surface area contributed by atoms with Gasteiger partial charge in [0.1, 0.15) is 12.5 Å². The number of aliphatic hydroxyl groups excluding tert-OH is 1. The summed E-state index contributed by atoms with van der Waals surface area (Å²) in [5.41, 5.74) is 0. The van der Waals surface area contributed by atoms with Crippen molar-refractivity contribution >= 4 is 11.9 Å². The van der Waals surface area contributed by atoms with Crippen molar-refractivity contribution in [3.63, 3.8) is 0 Å². The molecule has 2 N–H and O–H groups in total. The van der Waals surface area contributed by atoms with Crippen LogP contribution in [0, 0.1) is 11.8 Å². The highest BCUT2D eigenvalue weighted by atomic mass is 16.4. The molecule has 0 aromatic carbocycles. The van der Waals surface area contributed by atoms with Crippen molar-refractivity contribution in [1.82, 2.24) is 0 Å². The second kappa shape index (κ2) is 12.0. The Hall–Kier alpha value is -1.40. The first-order valence-electron chi connectivity index (χ1n) is 8.82. The molecular formula is C18H33NO5. The van der Waals surface area contributed by atoms with E-state index < -0.39 is 23.8 Å². The number of unbranched alkanes of at least 4 members (excludes halogenated alkanes) is 3. The van der Waals surface area contributed by atoms with Gasteiger partial charge in [-0.3, -0.25) is 4.79 Å². The fourth-order valence-electron chi connectivity index (χ4n) is 2.95. The molecule has 3 atom stereocenters. The van der Waals surface area contributed by atoms with Gasteiger partial charge in [-0.1, -0.05) is 32.8 Å². The Kier molecular flexibility index (Phi) is 11.3. The predicted octanol–water partition coefficient (Wildman–Crippen LogP) is 1.04. The Bertz CT molecular complexity index is 386. The third-order valence-electron chi connectivity index (χ3n) is 4.35. The summed E-state index contributed by atoms with van der Waals surface area (Å²) in [5.74, 6) is -3.38. The van der Waals surface area contributed by atoms with Crippen molar-refractivity contribution in [2.75, 3.05) is 32.8 Å². The number of aliphatic hydroxyl groups is 1. The molecule has 0 aromatic heterocycles. The van der Waals surface area contributed by atoms with Gasteiger partial charge in [-0.05, 0) is 25.8 Å². The zero-order chi connectivity index (χ0) is 18.6. The van der Waals surface area contributed by atoms with Crippen molar-refractivity contribution in [3.8, 4) is 0 Å². The Labute approximate surface area is 145 Å². The lowest BCUT2D eigenvalue weighted by Gasteiger charge is -2.40. The van der Waals surface area contributed by atoms with Crippen LogP contribution < -0.4 is 5.11 Å². The van der Waals surface area contributed by atoms with E-state index in [4.69, 9.17) is 0 Å². The third kappa shape index (κ3) is 9.03. The first-order chi connectivity index (χ1) is 11.3. The summed E-state index contributed by atoms with van der Waals surface area (Å²) in [4.78, 5) is 22.4. The number of carbonyl (C=O) groups is 2. The van der Waals surface area contributed by atoms with E-state index in [1.54, 1.807) is 13.8 Å². The molecule has 0 aromatic rings. The number of allylic oxidation sites excluding steroid dienone is 1. The van der Waals surface area contributed by atoms with Gasteiger partial charge in [0.2, 0.25) is 0 Å². The molecule has 24 heavy (non-hydrogen) atoms. The lowest BCUT2D eigenvalue weighted by molar-refractivity contribution is -0.927. The van der Waals surface area contributed by atoms with Crippen LogP contribution in [0.15, 0.2) is 12.2 Å². The van der Waals surface area contributed by atoms with Crippen LogP contribution in [0.1, 0.15) is 46.5 Å². The number of carbonyl (C=O) groups excluding carboxylic acids is 1.